The van der Waals surface area contributed by atoms with Gasteiger partial charge in [0.1, 0.15) is 0 Å². The standard InChI is InChI=1S/C3H5Br2O2P/c4-1-3(5)2-8(6)7/h3H,1-2H2/p+1. The van der Waals surface area contributed by atoms with Crippen LogP contribution in [0.1, 0.15) is 0 Å². The Morgan fingerprint density at radius 1 is 1.75 bits per heavy atom. The van der Waals surface area contributed by atoms with Crippen molar-refractivity contribution in [1.82, 2.24) is 0 Å². The Bertz CT molecular complexity index is 87.4. The van der Waals surface area contributed by atoms with Crippen molar-refractivity contribution in [3.63, 3.8) is 0 Å². The van der Waals surface area contributed by atoms with E-state index in [-0.39, 0.29) is 4.83 Å². The van der Waals surface area contributed by atoms with Crippen molar-refractivity contribution in [2.75, 3.05) is 11.5 Å². The number of hydrogen-bond donors (Lipinski definition) is 1. The molecule has 0 fully saturated rings. The van der Waals surface area contributed by atoms with Crippen LogP contribution in [0.25, 0.3) is 0 Å². The number of halogens is 2. The monoisotopic (exact) mass is 263 g/mol. The highest BCUT2D eigenvalue weighted by atomic mass is 79.9. The van der Waals surface area contributed by atoms with Gasteiger partial charge in [-0.05, 0) is 4.57 Å². The molecule has 0 aromatic rings. The van der Waals surface area contributed by atoms with Crippen LogP contribution in [0.5, 0.6) is 0 Å². The lowest BCUT2D eigenvalue weighted by molar-refractivity contribution is 0.503. The Hall–Kier alpha value is 1.02. The van der Waals surface area contributed by atoms with E-state index in [0.717, 1.165) is 0 Å². The largest absolute Gasteiger partial charge is 0.506 e. The molecule has 0 bridgehead atoms. The van der Waals surface area contributed by atoms with E-state index in [1.165, 1.54) is 0 Å². The van der Waals surface area contributed by atoms with Gasteiger partial charge in [-0.3, -0.25) is 0 Å². The van der Waals surface area contributed by atoms with Crippen molar-refractivity contribution < 1.29 is 9.46 Å². The van der Waals surface area contributed by atoms with Gasteiger partial charge in [0.05, 0.1) is 4.83 Å². The molecule has 0 saturated carbocycles. The summed E-state index contributed by atoms with van der Waals surface area (Å²) in [5.74, 6) is 0. The average molecular weight is 265 g/mol. The van der Waals surface area contributed by atoms with Crippen LogP contribution in [-0.4, -0.2) is 21.2 Å². The van der Waals surface area contributed by atoms with Crippen molar-refractivity contribution in [3.8, 4) is 0 Å². The van der Waals surface area contributed by atoms with Crippen molar-refractivity contribution in [2.45, 2.75) is 4.83 Å². The molecule has 48 valence electrons. The van der Waals surface area contributed by atoms with Crippen LogP contribution >= 0.6 is 39.9 Å². The fraction of sp³-hybridized carbons (Fsp3) is 1.00. The summed E-state index contributed by atoms with van der Waals surface area (Å²) in [5.41, 5.74) is 0. The summed E-state index contributed by atoms with van der Waals surface area (Å²) < 4.78 is 10.1. The summed E-state index contributed by atoms with van der Waals surface area (Å²) in [6.07, 6.45) is 0.320. The fourth-order valence-electron chi connectivity index (χ4n) is 0.218. The first kappa shape index (κ1) is 9.02. The smallest absolute Gasteiger partial charge is 0.161 e. The van der Waals surface area contributed by atoms with E-state index < -0.39 is 8.03 Å². The Balaban J connectivity index is 3.24. The minimum atomic E-state index is -1.97. The van der Waals surface area contributed by atoms with Gasteiger partial charge in [-0.1, -0.05) is 31.9 Å². The molecule has 5 heteroatoms. The SMILES string of the molecule is O=[P+](O)CC(Br)CBr. The molecule has 0 spiro atoms. The second-order valence-electron chi connectivity index (χ2n) is 1.29. The third kappa shape index (κ3) is 5.16. The predicted octanol–water partition coefficient (Wildman–Crippen LogP) is 1.88. The highest BCUT2D eigenvalue weighted by molar-refractivity contribution is 9.12. The van der Waals surface area contributed by atoms with Crippen LogP contribution in [0.2, 0.25) is 0 Å². The molecule has 0 aliphatic carbocycles. The molecule has 0 aromatic heterocycles. The van der Waals surface area contributed by atoms with Crippen LogP contribution in [0.15, 0.2) is 0 Å². The van der Waals surface area contributed by atoms with E-state index in [4.69, 9.17) is 4.89 Å². The lowest BCUT2D eigenvalue weighted by Gasteiger charge is -1.90. The van der Waals surface area contributed by atoms with E-state index in [1.807, 2.05) is 0 Å². The molecular weight excluding hydrogens is 259 g/mol. The zero-order valence-corrected chi connectivity index (χ0v) is 8.12. The highest BCUT2D eigenvalue weighted by Crippen LogP contribution is 2.19. The first-order chi connectivity index (χ1) is 3.66. The lowest BCUT2D eigenvalue weighted by Crippen LogP contribution is -2.01. The average Bonchev–Trinajstić information content (AvgIpc) is 1.65. The van der Waals surface area contributed by atoms with Gasteiger partial charge < -0.3 is 0 Å². The van der Waals surface area contributed by atoms with Crippen molar-refractivity contribution in [3.05, 3.63) is 0 Å². The van der Waals surface area contributed by atoms with Gasteiger partial charge in [-0.15, -0.1) is 0 Å². The summed E-state index contributed by atoms with van der Waals surface area (Å²) in [6.45, 7) is 0. The Morgan fingerprint density at radius 3 is 2.38 bits per heavy atom. The van der Waals surface area contributed by atoms with Crippen molar-refractivity contribution in [2.24, 2.45) is 0 Å². The summed E-state index contributed by atoms with van der Waals surface area (Å²) >= 11 is 6.34. The lowest BCUT2D eigenvalue weighted by atomic mass is 10.6. The van der Waals surface area contributed by atoms with E-state index >= 15 is 0 Å². The molecule has 0 aromatic carbocycles. The molecule has 0 aliphatic rings. The minimum absolute atomic E-state index is 0.121. The zero-order valence-electron chi connectivity index (χ0n) is 4.05. The maximum atomic E-state index is 10.1. The molecule has 0 heterocycles. The second-order valence-corrected chi connectivity index (χ2v) is 4.30. The topological polar surface area (TPSA) is 37.3 Å². The quantitative estimate of drug-likeness (QED) is 0.624. The van der Waals surface area contributed by atoms with Gasteiger partial charge in [-0.25, -0.2) is 0 Å². The Kier molecular flexibility index (Phi) is 5.48. The van der Waals surface area contributed by atoms with Crippen molar-refractivity contribution >= 4 is 39.9 Å². The number of rotatable bonds is 3. The number of hydrogen-bond acceptors (Lipinski definition) is 1. The van der Waals surface area contributed by atoms with E-state index in [9.17, 15) is 4.57 Å². The fourth-order valence-corrected chi connectivity index (χ4v) is 2.01. The Morgan fingerprint density at radius 2 is 2.25 bits per heavy atom. The Labute approximate surface area is 65.8 Å². The van der Waals surface area contributed by atoms with Gasteiger partial charge in [0.25, 0.3) is 0 Å². The number of alkyl halides is 2. The minimum Gasteiger partial charge on any atom is -0.161 e. The first-order valence-electron chi connectivity index (χ1n) is 2.00. The van der Waals surface area contributed by atoms with Crippen LogP contribution in [0.3, 0.4) is 0 Å². The van der Waals surface area contributed by atoms with Gasteiger partial charge in [-0.2, -0.15) is 4.89 Å². The molecule has 0 saturated heterocycles. The molecule has 8 heavy (non-hydrogen) atoms. The third-order valence-electron chi connectivity index (χ3n) is 0.522. The van der Waals surface area contributed by atoms with E-state index in [1.54, 1.807) is 0 Å². The molecule has 0 amide bonds. The van der Waals surface area contributed by atoms with Gasteiger partial charge in [0.2, 0.25) is 0 Å². The molecule has 2 atom stereocenters. The second kappa shape index (κ2) is 4.86. The van der Waals surface area contributed by atoms with E-state index in [0.29, 0.717) is 11.5 Å². The van der Waals surface area contributed by atoms with Crippen LogP contribution in [0, 0.1) is 0 Å². The predicted molar refractivity (Wildman–Crippen MR) is 41.2 cm³/mol. The molecule has 0 aliphatic heterocycles. The van der Waals surface area contributed by atoms with Crippen LogP contribution in [0.4, 0.5) is 0 Å². The maximum absolute atomic E-state index is 10.1. The molecule has 0 rings (SSSR count). The molecule has 2 unspecified atom stereocenters. The van der Waals surface area contributed by atoms with Gasteiger partial charge >= 0.3 is 8.03 Å². The summed E-state index contributed by atoms with van der Waals surface area (Å²) in [5, 5.41) is 0.717. The molecule has 1 N–H and O–H groups in total. The third-order valence-corrected chi connectivity index (χ3v) is 4.07. The first-order valence-corrected chi connectivity index (χ1v) is 5.44. The summed E-state index contributed by atoms with van der Waals surface area (Å²) in [4.78, 5) is 8.43. The van der Waals surface area contributed by atoms with Gasteiger partial charge in [0.15, 0.2) is 6.16 Å². The summed E-state index contributed by atoms with van der Waals surface area (Å²) in [7, 11) is -1.97. The highest BCUT2D eigenvalue weighted by Gasteiger charge is 2.16. The van der Waals surface area contributed by atoms with Crippen molar-refractivity contribution in [1.29, 1.82) is 0 Å². The normalized spacial score (nSPS) is 15.6. The molecule has 0 radical (unpaired) electrons. The summed E-state index contributed by atoms with van der Waals surface area (Å²) in [6, 6.07) is 0. The maximum Gasteiger partial charge on any atom is 0.506 e. The zero-order chi connectivity index (χ0) is 6.57. The van der Waals surface area contributed by atoms with Gasteiger partial charge in [0, 0.05) is 5.33 Å². The van der Waals surface area contributed by atoms with Crippen LogP contribution < -0.4 is 0 Å². The molecule has 2 nitrogen and oxygen atoms in total. The van der Waals surface area contributed by atoms with Crippen LogP contribution in [-0.2, 0) is 4.57 Å². The molecular formula is C3H6Br2O2P+. The van der Waals surface area contributed by atoms with E-state index in [2.05, 4.69) is 31.9 Å².